The molecule has 0 spiro atoms. The van der Waals surface area contributed by atoms with E-state index in [9.17, 15) is 0 Å². The molecule has 2 rings (SSSR count). The molecule has 1 N–H and O–H groups in total. The SMILES string of the molecule is COc1c(C)ccc(Cl)c1C1CCNC1. The van der Waals surface area contributed by atoms with Crippen LogP contribution in [0.5, 0.6) is 5.75 Å². The zero-order chi connectivity index (χ0) is 10.8. The van der Waals surface area contributed by atoms with Gasteiger partial charge in [0.15, 0.2) is 0 Å². The van der Waals surface area contributed by atoms with Crippen LogP contribution in [0.1, 0.15) is 23.5 Å². The maximum absolute atomic E-state index is 6.25. The highest BCUT2D eigenvalue weighted by Crippen LogP contribution is 2.38. The van der Waals surface area contributed by atoms with E-state index in [1.54, 1.807) is 7.11 Å². The van der Waals surface area contributed by atoms with Gasteiger partial charge in [0.2, 0.25) is 0 Å². The predicted molar refractivity (Wildman–Crippen MR) is 63.0 cm³/mol. The van der Waals surface area contributed by atoms with Crippen LogP contribution in [0, 0.1) is 6.92 Å². The van der Waals surface area contributed by atoms with E-state index in [2.05, 4.69) is 12.2 Å². The van der Waals surface area contributed by atoms with E-state index in [0.717, 1.165) is 35.8 Å². The smallest absolute Gasteiger partial charge is 0.126 e. The van der Waals surface area contributed by atoms with Crippen LogP contribution in [-0.2, 0) is 0 Å². The van der Waals surface area contributed by atoms with Gasteiger partial charge in [-0.3, -0.25) is 0 Å². The highest BCUT2D eigenvalue weighted by atomic mass is 35.5. The summed E-state index contributed by atoms with van der Waals surface area (Å²) in [6.07, 6.45) is 1.14. The van der Waals surface area contributed by atoms with E-state index in [-0.39, 0.29) is 0 Å². The lowest BCUT2D eigenvalue weighted by atomic mass is 9.95. The number of rotatable bonds is 2. The molecule has 0 saturated carbocycles. The molecular formula is C12H16ClNO. The lowest BCUT2D eigenvalue weighted by Gasteiger charge is -2.17. The first kappa shape index (κ1) is 10.8. The lowest BCUT2D eigenvalue weighted by Crippen LogP contribution is -2.09. The summed E-state index contributed by atoms with van der Waals surface area (Å²) >= 11 is 6.25. The van der Waals surface area contributed by atoms with E-state index < -0.39 is 0 Å². The Morgan fingerprint density at radius 3 is 2.87 bits per heavy atom. The predicted octanol–water partition coefficient (Wildman–Crippen LogP) is 2.73. The van der Waals surface area contributed by atoms with E-state index >= 15 is 0 Å². The Hall–Kier alpha value is -0.730. The van der Waals surface area contributed by atoms with Gasteiger partial charge >= 0.3 is 0 Å². The summed E-state index contributed by atoms with van der Waals surface area (Å²) < 4.78 is 5.46. The second-order valence-electron chi connectivity index (χ2n) is 4.00. The summed E-state index contributed by atoms with van der Waals surface area (Å²) in [5, 5.41) is 4.18. The molecule has 1 saturated heterocycles. The minimum atomic E-state index is 0.493. The monoisotopic (exact) mass is 225 g/mol. The first-order chi connectivity index (χ1) is 7.24. The van der Waals surface area contributed by atoms with Crippen molar-refractivity contribution in [1.29, 1.82) is 0 Å². The fourth-order valence-electron chi connectivity index (χ4n) is 2.24. The molecule has 1 aromatic rings. The minimum absolute atomic E-state index is 0.493. The van der Waals surface area contributed by atoms with Crippen molar-refractivity contribution in [2.75, 3.05) is 20.2 Å². The van der Waals surface area contributed by atoms with Gasteiger partial charge in [-0.05, 0) is 31.5 Å². The van der Waals surface area contributed by atoms with E-state index in [0.29, 0.717) is 5.92 Å². The van der Waals surface area contributed by atoms with Gasteiger partial charge < -0.3 is 10.1 Å². The van der Waals surface area contributed by atoms with Gasteiger partial charge in [-0.1, -0.05) is 17.7 Å². The van der Waals surface area contributed by atoms with Crippen molar-refractivity contribution in [1.82, 2.24) is 5.32 Å². The number of methoxy groups -OCH3 is 1. The second-order valence-corrected chi connectivity index (χ2v) is 4.41. The molecule has 0 radical (unpaired) electrons. The van der Waals surface area contributed by atoms with Crippen molar-refractivity contribution >= 4 is 11.6 Å². The summed E-state index contributed by atoms with van der Waals surface area (Å²) in [6.45, 7) is 4.12. The number of aryl methyl sites for hydroxylation is 1. The Morgan fingerprint density at radius 2 is 2.27 bits per heavy atom. The average molecular weight is 226 g/mol. The molecule has 0 amide bonds. The Kier molecular flexibility index (Phi) is 3.17. The van der Waals surface area contributed by atoms with Crippen molar-refractivity contribution < 1.29 is 4.74 Å². The van der Waals surface area contributed by atoms with Gasteiger partial charge in [0, 0.05) is 23.0 Å². The number of halogens is 1. The van der Waals surface area contributed by atoms with Gasteiger partial charge in [-0.2, -0.15) is 0 Å². The average Bonchev–Trinajstić information content (AvgIpc) is 2.74. The molecule has 1 aromatic carbocycles. The number of ether oxygens (including phenoxy) is 1. The fourth-order valence-corrected chi connectivity index (χ4v) is 2.54. The fraction of sp³-hybridized carbons (Fsp3) is 0.500. The molecule has 82 valence electrons. The van der Waals surface area contributed by atoms with Crippen LogP contribution in [0.2, 0.25) is 5.02 Å². The Balaban J connectivity index is 2.46. The Labute approximate surface area is 95.6 Å². The number of hydrogen-bond donors (Lipinski definition) is 1. The summed E-state index contributed by atoms with van der Waals surface area (Å²) in [7, 11) is 1.71. The first-order valence-corrected chi connectivity index (χ1v) is 5.65. The highest BCUT2D eigenvalue weighted by molar-refractivity contribution is 6.31. The third-order valence-electron chi connectivity index (χ3n) is 3.01. The third kappa shape index (κ3) is 1.97. The number of benzene rings is 1. The van der Waals surface area contributed by atoms with Gasteiger partial charge in [0.1, 0.15) is 5.75 Å². The summed E-state index contributed by atoms with van der Waals surface area (Å²) in [4.78, 5) is 0. The van der Waals surface area contributed by atoms with Crippen molar-refractivity contribution in [3.05, 3.63) is 28.3 Å². The van der Waals surface area contributed by atoms with Gasteiger partial charge in [-0.15, -0.1) is 0 Å². The molecule has 1 heterocycles. The summed E-state index contributed by atoms with van der Waals surface area (Å²) in [5.41, 5.74) is 2.33. The van der Waals surface area contributed by atoms with Crippen molar-refractivity contribution in [3.63, 3.8) is 0 Å². The molecule has 0 aliphatic carbocycles. The van der Waals surface area contributed by atoms with Crippen molar-refractivity contribution in [2.24, 2.45) is 0 Å². The molecule has 1 fully saturated rings. The van der Waals surface area contributed by atoms with E-state index in [4.69, 9.17) is 16.3 Å². The summed E-state index contributed by atoms with van der Waals surface area (Å²) in [6, 6.07) is 3.97. The minimum Gasteiger partial charge on any atom is -0.496 e. The normalized spacial score (nSPS) is 20.6. The standard InChI is InChI=1S/C12H16ClNO/c1-8-3-4-10(13)11(12(8)15-2)9-5-6-14-7-9/h3-4,9,14H,5-7H2,1-2H3. The van der Waals surface area contributed by atoms with E-state index in [1.165, 1.54) is 5.56 Å². The van der Waals surface area contributed by atoms with Crippen LogP contribution in [-0.4, -0.2) is 20.2 Å². The quantitative estimate of drug-likeness (QED) is 0.836. The second kappa shape index (κ2) is 4.42. The van der Waals surface area contributed by atoms with Crippen LogP contribution < -0.4 is 10.1 Å². The molecular weight excluding hydrogens is 210 g/mol. The molecule has 1 unspecified atom stereocenters. The topological polar surface area (TPSA) is 21.3 Å². The van der Waals surface area contributed by atoms with Crippen LogP contribution in [0.25, 0.3) is 0 Å². The van der Waals surface area contributed by atoms with Crippen LogP contribution in [0.4, 0.5) is 0 Å². The Bertz CT molecular complexity index is 359. The molecule has 0 bridgehead atoms. The first-order valence-electron chi connectivity index (χ1n) is 5.27. The van der Waals surface area contributed by atoms with Crippen LogP contribution >= 0.6 is 11.6 Å². The summed E-state index contributed by atoms with van der Waals surface area (Å²) in [5.74, 6) is 1.45. The van der Waals surface area contributed by atoms with Crippen LogP contribution in [0.15, 0.2) is 12.1 Å². The van der Waals surface area contributed by atoms with Crippen molar-refractivity contribution in [3.8, 4) is 5.75 Å². The number of nitrogens with one attached hydrogen (secondary N) is 1. The maximum Gasteiger partial charge on any atom is 0.126 e. The van der Waals surface area contributed by atoms with Gasteiger partial charge in [-0.25, -0.2) is 0 Å². The molecule has 1 aliphatic rings. The maximum atomic E-state index is 6.25. The zero-order valence-electron chi connectivity index (χ0n) is 9.14. The molecule has 1 atom stereocenters. The van der Waals surface area contributed by atoms with Crippen LogP contribution in [0.3, 0.4) is 0 Å². The van der Waals surface area contributed by atoms with Gasteiger partial charge in [0.05, 0.1) is 7.11 Å². The zero-order valence-corrected chi connectivity index (χ0v) is 9.90. The molecule has 0 aromatic heterocycles. The molecule has 2 nitrogen and oxygen atoms in total. The van der Waals surface area contributed by atoms with Crippen molar-refractivity contribution in [2.45, 2.75) is 19.3 Å². The molecule has 3 heteroatoms. The highest BCUT2D eigenvalue weighted by Gasteiger charge is 2.23. The van der Waals surface area contributed by atoms with E-state index in [1.807, 2.05) is 12.1 Å². The number of hydrogen-bond acceptors (Lipinski definition) is 2. The third-order valence-corrected chi connectivity index (χ3v) is 3.34. The molecule has 1 aliphatic heterocycles. The largest absolute Gasteiger partial charge is 0.496 e. The van der Waals surface area contributed by atoms with Gasteiger partial charge in [0.25, 0.3) is 0 Å². The Morgan fingerprint density at radius 1 is 1.47 bits per heavy atom. The lowest BCUT2D eigenvalue weighted by molar-refractivity contribution is 0.403. The molecule has 15 heavy (non-hydrogen) atoms.